The molecule has 1 atom stereocenters. The van der Waals surface area contributed by atoms with Crippen molar-refractivity contribution in [3.63, 3.8) is 0 Å². The van der Waals surface area contributed by atoms with Crippen LogP contribution in [-0.2, 0) is 33.6 Å². The summed E-state index contributed by atoms with van der Waals surface area (Å²) in [6.07, 6.45) is 2.74. The molecule has 2 aromatic rings. The standard InChI is InChI=1S/C21H23NO3/c1-14-6-10-19(11-7-14)22-21(24)15(2)25-20(23)13-16-8-9-17-4-3-5-18(17)12-16/h6-12,15H,3-5,13H2,1-2H3,(H,22,24)/t15-/m0/s1. The summed E-state index contributed by atoms with van der Waals surface area (Å²) >= 11 is 0. The van der Waals surface area contributed by atoms with Gasteiger partial charge in [0.15, 0.2) is 6.10 Å². The van der Waals surface area contributed by atoms with E-state index in [0.717, 1.165) is 24.0 Å². The van der Waals surface area contributed by atoms with Crippen LogP contribution in [0.25, 0.3) is 0 Å². The summed E-state index contributed by atoms with van der Waals surface area (Å²) in [7, 11) is 0. The van der Waals surface area contributed by atoms with E-state index in [4.69, 9.17) is 4.74 Å². The van der Waals surface area contributed by atoms with Crippen LogP contribution in [0.1, 0.15) is 35.6 Å². The van der Waals surface area contributed by atoms with Gasteiger partial charge in [-0.05, 0) is 61.9 Å². The van der Waals surface area contributed by atoms with Gasteiger partial charge in [0.25, 0.3) is 5.91 Å². The van der Waals surface area contributed by atoms with Crippen molar-refractivity contribution in [3.05, 3.63) is 64.7 Å². The zero-order valence-corrected chi connectivity index (χ0v) is 14.7. The summed E-state index contributed by atoms with van der Waals surface area (Å²) in [5.41, 5.74) is 5.46. The number of aryl methyl sites for hydroxylation is 3. The lowest BCUT2D eigenvalue weighted by atomic mass is 10.0. The van der Waals surface area contributed by atoms with Gasteiger partial charge in [-0.2, -0.15) is 0 Å². The highest BCUT2D eigenvalue weighted by atomic mass is 16.5. The second-order valence-electron chi connectivity index (χ2n) is 6.62. The number of amides is 1. The first kappa shape index (κ1) is 17.2. The number of esters is 1. The molecule has 4 nitrogen and oxygen atoms in total. The van der Waals surface area contributed by atoms with E-state index in [1.54, 1.807) is 6.92 Å². The molecule has 0 aromatic heterocycles. The van der Waals surface area contributed by atoms with Crippen molar-refractivity contribution in [3.8, 4) is 0 Å². The topological polar surface area (TPSA) is 55.4 Å². The van der Waals surface area contributed by atoms with E-state index < -0.39 is 6.10 Å². The fourth-order valence-corrected chi connectivity index (χ4v) is 3.07. The zero-order valence-electron chi connectivity index (χ0n) is 14.7. The van der Waals surface area contributed by atoms with Gasteiger partial charge in [-0.25, -0.2) is 0 Å². The van der Waals surface area contributed by atoms with Crippen LogP contribution in [0.15, 0.2) is 42.5 Å². The second kappa shape index (κ2) is 7.51. The maximum atomic E-state index is 12.2. The highest BCUT2D eigenvalue weighted by molar-refractivity contribution is 5.95. The molecule has 25 heavy (non-hydrogen) atoms. The Morgan fingerprint density at radius 2 is 1.80 bits per heavy atom. The molecule has 1 N–H and O–H groups in total. The SMILES string of the molecule is Cc1ccc(NC(=O)[C@H](C)OC(=O)Cc2ccc3c(c2)CCC3)cc1. The second-order valence-corrected chi connectivity index (χ2v) is 6.62. The van der Waals surface area contributed by atoms with E-state index >= 15 is 0 Å². The molecule has 2 aromatic carbocycles. The smallest absolute Gasteiger partial charge is 0.311 e. The number of anilines is 1. The third-order valence-electron chi connectivity index (χ3n) is 4.51. The lowest BCUT2D eigenvalue weighted by Crippen LogP contribution is -2.30. The van der Waals surface area contributed by atoms with Crippen molar-refractivity contribution in [2.45, 2.75) is 45.6 Å². The van der Waals surface area contributed by atoms with Crippen LogP contribution < -0.4 is 5.32 Å². The Morgan fingerprint density at radius 1 is 1.08 bits per heavy atom. The molecule has 1 aliphatic carbocycles. The van der Waals surface area contributed by atoms with Gasteiger partial charge in [-0.15, -0.1) is 0 Å². The molecule has 0 heterocycles. The number of rotatable bonds is 5. The van der Waals surface area contributed by atoms with Gasteiger partial charge in [-0.1, -0.05) is 35.9 Å². The van der Waals surface area contributed by atoms with Crippen LogP contribution in [0.4, 0.5) is 5.69 Å². The average Bonchev–Trinajstić information content (AvgIpc) is 3.04. The fourth-order valence-electron chi connectivity index (χ4n) is 3.07. The first-order valence-corrected chi connectivity index (χ1v) is 8.69. The van der Waals surface area contributed by atoms with Crippen LogP contribution in [-0.4, -0.2) is 18.0 Å². The van der Waals surface area contributed by atoms with Crippen molar-refractivity contribution in [2.75, 3.05) is 5.32 Å². The van der Waals surface area contributed by atoms with Crippen molar-refractivity contribution in [1.82, 2.24) is 0 Å². The molecule has 130 valence electrons. The molecule has 1 aliphatic rings. The molecule has 0 unspecified atom stereocenters. The molecule has 0 saturated carbocycles. The van der Waals surface area contributed by atoms with Gasteiger partial charge in [0.2, 0.25) is 0 Å². The van der Waals surface area contributed by atoms with Crippen molar-refractivity contribution in [2.24, 2.45) is 0 Å². The maximum Gasteiger partial charge on any atom is 0.311 e. The fraction of sp³-hybridized carbons (Fsp3) is 0.333. The summed E-state index contributed by atoms with van der Waals surface area (Å²) in [6, 6.07) is 13.6. The molecule has 1 amide bonds. The van der Waals surface area contributed by atoms with Crippen molar-refractivity contribution in [1.29, 1.82) is 0 Å². The van der Waals surface area contributed by atoms with Gasteiger partial charge in [0.05, 0.1) is 6.42 Å². The Kier molecular flexibility index (Phi) is 5.17. The average molecular weight is 337 g/mol. The minimum absolute atomic E-state index is 0.190. The third kappa shape index (κ3) is 4.47. The summed E-state index contributed by atoms with van der Waals surface area (Å²) in [6.45, 7) is 3.57. The van der Waals surface area contributed by atoms with Gasteiger partial charge in [0, 0.05) is 5.69 Å². The zero-order chi connectivity index (χ0) is 17.8. The van der Waals surface area contributed by atoms with E-state index in [0.29, 0.717) is 5.69 Å². The highest BCUT2D eigenvalue weighted by Gasteiger charge is 2.19. The van der Waals surface area contributed by atoms with Crippen LogP contribution in [0, 0.1) is 6.92 Å². The molecule has 4 heteroatoms. The lowest BCUT2D eigenvalue weighted by molar-refractivity contribution is -0.152. The first-order valence-electron chi connectivity index (χ1n) is 8.69. The van der Waals surface area contributed by atoms with Crippen molar-refractivity contribution >= 4 is 17.6 Å². The molecule has 0 bridgehead atoms. The largest absolute Gasteiger partial charge is 0.452 e. The molecular weight excluding hydrogens is 314 g/mol. The number of carbonyl (C=O) groups excluding carboxylic acids is 2. The Hall–Kier alpha value is -2.62. The number of carbonyl (C=O) groups is 2. The van der Waals surface area contributed by atoms with Gasteiger partial charge in [0.1, 0.15) is 0 Å². The number of nitrogens with one attached hydrogen (secondary N) is 1. The maximum absolute atomic E-state index is 12.2. The highest BCUT2D eigenvalue weighted by Crippen LogP contribution is 2.23. The molecule has 0 saturated heterocycles. The third-order valence-corrected chi connectivity index (χ3v) is 4.51. The van der Waals surface area contributed by atoms with Crippen LogP contribution in [0.2, 0.25) is 0 Å². The Balaban J connectivity index is 1.53. The Bertz CT molecular complexity index is 780. The number of fused-ring (bicyclic) bond motifs is 1. The van der Waals surface area contributed by atoms with Crippen LogP contribution in [0.3, 0.4) is 0 Å². The minimum atomic E-state index is -0.830. The molecule has 0 spiro atoms. The lowest BCUT2D eigenvalue weighted by Gasteiger charge is -2.14. The first-order chi connectivity index (χ1) is 12.0. The van der Waals surface area contributed by atoms with E-state index in [2.05, 4.69) is 17.4 Å². The summed E-state index contributed by atoms with van der Waals surface area (Å²) in [4.78, 5) is 24.3. The number of hydrogen-bond acceptors (Lipinski definition) is 3. The molecule has 0 aliphatic heterocycles. The van der Waals surface area contributed by atoms with E-state index in [-0.39, 0.29) is 18.3 Å². The number of ether oxygens (including phenoxy) is 1. The predicted molar refractivity (Wildman–Crippen MR) is 97.5 cm³/mol. The van der Waals surface area contributed by atoms with E-state index in [9.17, 15) is 9.59 Å². The predicted octanol–water partition coefficient (Wildman–Crippen LogP) is 3.60. The Labute approximate surface area is 148 Å². The normalized spacial score (nSPS) is 13.8. The quantitative estimate of drug-likeness (QED) is 0.848. The molecular formula is C21H23NO3. The Morgan fingerprint density at radius 3 is 2.56 bits per heavy atom. The van der Waals surface area contributed by atoms with Gasteiger partial charge < -0.3 is 10.1 Å². The summed E-state index contributed by atoms with van der Waals surface area (Å²) in [5, 5.41) is 2.76. The van der Waals surface area contributed by atoms with E-state index in [1.165, 1.54) is 17.5 Å². The molecule has 3 rings (SSSR count). The molecule has 0 radical (unpaired) electrons. The van der Waals surface area contributed by atoms with E-state index in [1.807, 2.05) is 37.3 Å². The summed E-state index contributed by atoms with van der Waals surface area (Å²) in [5.74, 6) is -0.712. The summed E-state index contributed by atoms with van der Waals surface area (Å²) < 4.78 is 5.28. The van der Waals surface area contributed by atoms with Crippen LogP contribution >= 0.6 is 0 Å². The van der Waals surface area contributed by atoms with Gasteiger partial charge >= 0.3 is 5.97 Å². The monoisotopic (exact) mass is 337 g/mol. The van der Waals surface area contributed by atoms with Gasteiger partial charge in [-0.3, -0.25) is 9.59 Å². The molecule has 0 fully saturated rings. The number of hydrogen-bond donors (Lipinski definition) is 1. The minimum Gasteiger partial charge on any atom is -0.452 e. The van der Waals surface area contributed by atoms with Crippen molar-refractivity contribution < 1.29 is 14.3 Å². The van der Waals surface area contributed by atoms with Crippen LogP contribution in [0.5, 0.6) is 0 Å². The number of benzene rings is 2.